The van der Waals surface area contributed by atoms with Gasteiger partial charge in [-0.2, -0.15) is 12.1 Å². The van der Waals surface area contributed by atoms with E-state index in [-0.39, 0.29) is 45.4 Å². The molecule has 0 spiro atoms. The monoisotopic (exact) mass is 553 g/mol. The number of carboxylic acid groups (broad SMARTS) is 2. The van der Waals surface area contributed by atoms with Crippen molar-refractivity contribution in [1.82, 2.24) is 0 Å². The molecule has 1 saturated carbocycles. The van der Waals surface area contributed by atoms with E-state index in [9.17, 15) is 14.4 Å². The Morgan fingerprint density at radius 1 is 0.885 bits per heavy atom. The molecule has 26 heavy (non-hydrogen) atoms. The molecule has 0 amide bonds. The van der Waals surface area contributed by atoms with Gasteiger partial charge in [0.05, 0.1) is 0 Å². The predicted molar refractivity (Wildman–Crippen MR) is 93.2 cm³/mol. The van der Waals surface area contributed by atoms with Gasteiger partial charge in [-0.15, -0.1) is 0 Å². The average Bonchev–Trinajstić information content (AvgIpc) is 2.56. The summed E-state index contributed by atoms with van der Waals surface area (Å²) in [4.78, 5) is 31.8. The Morgan fingerprint density at radius 3 is 1.73 bits per heavy atom. The summed E-state index contributed by atoms with van der Waals surface area (Å²) in [5.41, 5.74) is 14.6. The Morgan fingerprint density at radius 2 is 1.35 bits per heavy atom. The fourth-order valence-electron chi connectivity index (χ4n) is 2.59. The maximum atomic E-state index is 10.7. The van der Waals surface area contributed by atoms with Crippen LogP contribution in [0.4, 0.5) is 0 Å². The van der Waals surface area contributed by atoms with E-state index >= 15 is 0 Å². The second kappa shape index (κ2) is 16.4. The Kier molecular flexibility index (Phi) is 17.2. The van der Waals surface area contributed by atoms with Crippen LogP contribution >= 0.6 is 0 Å². The van der Waals surface area contributed by atoms with Crippen molar-refractivity contribution in [3.63, 3.8) is 0 Å². The molecule has 2 atom stereocenters. The number of carbonyl (C=O) groups excluding carboxylic acids is 1. The van der Waals surface area contributed by atoms with E-state index in [2.05, 4.69) is 0 Å². The van der Waals surface area contributed by atoms with Gasteiger partial charge in [-0.3, -0.25) is 14.4 Å². The molecule has 0 saturated heterocycles. The average molecular weight is 554 g/mol. The standard InChI is InChI=1S/C11H18O6.C6H12N2.Pt/c12-7-8(13)5-3-1-2-4-6-9(10(14)15)11(16)17;7-5-3-1-2-4-6(5)8;/h9,12H,1-7H2,(H,14,15)(H,16,17);5-8H,1-4H2;/q;-2;+2/t;5-,6-;/m.1./s1. The number of aliphatic carboxylic acids is 2. The van der Waals surface area contributed by atoms with Crippen molar-refractivity contribution in [2.45, 2.75) is 76.3 Å². The molecule has 0 radical (unpaired) electrons. The maximum Gasteiger partial charge on any atom is 2.00 e. The Balaban J connectivity index is 0. The van der Waals surface area contributed by atoms with Crippen molar-refractivity contribution in [1.29, 1.82) is 0 Å². The van der Waals surface area contributed by atoms with E-state index < -0.39 is 24.5 Å². The number of aliphatic hydroxyl groups is 1. The summed E-state index contributed by atoms with van der Waals surface area (Å²) < 4.78 is 0. The second-order valence-corrected chi connectivity index (χ2v) is 6.38. The first-order chi connectivity index (χ1) is 11.8. The Hall–Kier alpha value is -0.822. The van der Waals surface area contributed by atoms with Crippen LogP contribution in [0.2, 0.25) is 0 Å². The Labute approximate surface area is 169 Å². The van der Waals surface area contributed by atoms with Gasteiger partial charge in [0.15, 0.2) is 11.7 Å². The molecule has 1 rings (SSSR count). The van der Waals surface area contributed by atoms with Gasteiger partial charge in [0.25, 0.3) is 0 Å². The van der Waals surface area contributed by atoms with E-state index in [1.807, 2.05) is 0 Å². The van der Waals surface area contributed by atoms with Crippen molar-refractivity contribution in [3.8, 4) is 0 Å². The summed E-state index contributed by atoms with van der Waals surface area (Å²) in [6.45, 7) is -0.444. The SMILES string of the molecule is O=C(CO)CCCCCCC(C(=O)O)C(=O)O.[NH-][C@@H]1CCCC[C@H]1[NH-].[Pt+2]. The summed E-state index contributed by atoms with van der Waals surface area (Å²) in [7, 11) is 0. The van der Waals surface area contributed by atoms with Gasteiger partial charge >= 0.3 is 33.0 Å². The minimum absolute atomic E-state index is 0. The van der Waals surface area contributed by atoms with Gasteiger partial charge in [0, 0.05) is 6.42 Å². The molecule has 0 aliphatic heterocycles. The summed E-state index contributed by atoms with van der Waals surface area (Å²) in [5, 5.41) is 25.6. The molecule has 8 nitrogen and oxygen atoms in total. The quantitative estimate of drug-likeness (QED) is 0.279. The van der Waals surface area contributed by atoms with E-state index in [0.29, 0.717) is 25.7 Å². The zero-order valence-corrected chi connectivity index (χ0v) is 17.2. The zero-order chi connectivity index (χ0) is 19.2. The first-order valence-corrected chi connectivity index (χ1v) is 8.80. The number of carboxylic acids is 2. The molecule has 0 aromatic heterocycles. The number of hydrogen-bond donors (Lipinski definition) is 3. The minimum Gasteiger partial charge on any atom is -0.676 e. The fraction of sp³-hybridized carbons (Fsp3) is 0.824. The molecular weight excluding hydrogens is 523 g/mol. The number of carbonyl (C=O) groups is 3. The number of rotatable bonds is 10. The van der Waals surface area contributed by atoms with Crippen LogP contribution < -0.4 is 0 Å². The molecule has 1 aliphatic rings. The van der Waals surface area contributed by atoms with Crippen molar-refractivity contribution in [3.05, 3.63) is 11.5 Å². The van der Waals surface area contributed by atoms with Crippen molar-refractivity contribution >= 4 is 17.7 Å². The molecule has 0 heterocycles. The molecule has 0 aromatic carbocycles. The predicted octanol–water partition coefficient (Wildman–Crippen LogP) is 3.07. The van der Waals surface area contributed by atoms with Crippen LogP contribution in [0.25, 0.3) is 11.5 Å². The van der Waals surface area contributed by atoms with Crippen LogP contribution in [0.1, 0.15) is 64.2 Å². The van der Waals surface area contributed by atoms with Gasteiger partial charge in [-0.05, 0) is 12.8 Å². The number of nitrogens with one attached hydrogen (secondary N) is 2. The molecule has 1 fully saturated rings. The number of unbranched alkanes of at least 4 members (excludes halogenated alkanes) is 3. The van der Waals surface area contributed by atoms with Crippen LogP contribution in [0, 0.1) is 5.92 Å². The van der Waals surface area contributed by atoms with Gasteiger partial charge in [0.2, 0.25) is 0 Å². The van der Waals surface area contributed by atoms with Crippen molar-refractivity contribution in [2.24, 2.45) is 5.92 Å². The topological polar surface area (TPSA) is 160 Å². The summed E-state index contributed by atoms with van der Waals surface area (Å²) >= 11 is 0. The second-order valence-electron chi connectivity index (χ2n) is 6.38. The van der Waals surface area contributed by atoms with Crippen LogP contribution in [-0.4, -0.2) is 51.7 Å². The van der Waals surface area contributed by atoms with Crippen LogP contribution in [0.5, 0.6) is 0 Å². The first kappa shape index (κ1) is 27.4. The molecule has 5 N–H and O–H groups in total. The number of hydrogen-bond acceptors (Lipinski definition) is 4. The van der Waals surface area contributed by atoms with Crippen LogP contribution in [0.15, 0.2) is 0 Å². The molecular formula is C17H30N2O6Pt. The third-order valence-electron chi connectivity index (χ3n) is 4.24. The Bertz CT molecular complexity index is 398. The number of aliphatic hydroxyl groups excluding tert-OH is 1. The van der Waals surface area contributed by atoms with Crippen LogP contribution in [0.3, 0.4) is 0 Å². The van der Waals surface area contributed by atoms with Gasteiger partial charge < -0.3 is 26.8 Å². The third-order valence-corrected chi connectivity index (χ3v) is 4.24. The smallest absolute Gasteiger partial charge is 0.676 e. The first-order valence-electron chi connectivity index (χ1n) is 8.80. The molecule has 0 bridgehead atoms. The minimum atomic E-state index is -1.34. The van der Waals surface area contributed by atoms with Crippen molar-refractivity contribution < 1.29 is 50.8 Å². The molecule has 9 heteroatoms. The third kappa shape index (κ3) is 13.4. The summed E-state index contributed by atoms with van der Waals surface area (Å²) in [6.07, 6.45) is 7.25. The molecule has 154 valence electrons. The van der Waals surface area contributed by atoms with E-state index in [1.54, 1.807) is 0 Å². The van der Waals surface area contributed by atoms with E-state index in [4.69, 9.17) is 26.8 Å². The van der Waals surface area contributed by atoms with E-state index in [0.717, 1.165) is 19.3 Å². The van der Waals surface area contributed by atoms with Crippen LogP contribution in [-0.2, 0) is 35.4 Å². The van der Waals surface area contributed by atoms with Gasteiger partial charge in [-0.25, -0.2) is 0 Å². The zero-order valence-electron chi connectivity index (χ0n) is 14.9. The number of Topliss-reactive ketones (excluding diaryl/α,β-unsaturated/α-hetero) is 1. The van der Waals surface area contributed by atoms with Gasteiger partial charge in [-0.1, -0.05) is 44.9 Å². The maximum absolute atomic E-state index is 10.7. The summed E-state index contributed by atoms with van der Waals surface area (Å²) in [6, 6.07) is -0.160. The van der Waals surface area contributed by atoms with Gasteiger partial charge in [0.1, 0.15) is 6.61 Å². The van der Waals surface area contributed by atoms with Crippen molar-refractivity contribution in [2.75, 3.05) is 6.61 Å². The molecule has 0 unspecified atom stereocenters. The summed E-state index contributed by atoms with van der Waals surface area (Å²) in [5.74, 6) is -4.17. The van der Waals surface area contributed by atoms with E-state index in [1.165, 1.54) is 12.8 Å². The molecule has 1 aliphatic carbocycles. The fourth-order valence-corrected chi connectivity index (χ4v) is 2.59. The molecule has 0 aromatic rings. The normalized spacial score (nSPS) is 19.1. The largest absolute Gasteiger partial charge is 2.00 e. The number of ketones is 1.